The number of benzene rings is 1. The van der Waals surface area contributed by atoms with Crippen LogP contribution in [0.15, 0.2) is 30.5 Å². The van der Waals surface area contributed by atoms with Gasteiger partial charge in [0.2, 0.25) is 0 Å². The summed E-state index contributed by atoms with van der Waals surface area (Å²) in [5.41, 5.74) is -1.84. The molecule has 0 aliphatic carbocycles. The Labute approximate surface area is 133 Å². The minimum atomic E-state index is -4.62. The molecule has 0 spiro atoms. The minimum absolute atomic E-state index is 0.111. The van der Waals surface area contributed by atoms with Crippen molar-refractivity contribution in [1.82, 2.24) is 9.97 Å². The van der Waals surface area contributed by atoms with Crippen LogP contribution in [0.25, 0.3) is 11.4 Å². The van der Waals surface area contributed by atoms with Gasteiger partial charge in [-0.3, -0.25) is 10.8 Å². The van der Waals surface area contributed by atoms with Crippen LogP contribution in [0.1, 0.15) is 11.3 Å². The molecule has 0 radical (unpaired) electrons. The molecule has 23 heavy (non-hydrogen) atoms. The maximum Gasteiger partial charge on any atom is 0.433 e. The van der Waals surface area contributed by atoms with Crippen LogP contribution in [0, 0.1) is 22.1 Å². The van der Waals surface area contributed by atoms with Crippen LogP contribution in [0.2, 0.25) is 5.02 Å². The molecule has 0 aliphatic rings. The van der Waals surface area contributed by atoms with E-state index in [0.29, 0.717) is 0 Å². The van der Waals surface area contributed by atoms with Crippen molar-refractivity contribution >= 4 is 23.0 Å². The summed E-state index contributed by atoms with van der Waals surface area (Å²) < 4.78 is 38.1. The van der Waals surface area contributed by atoms with Gasteiger partial charge < -0.3 is 0 Å². The van der Waals surface area contributed by atoms with E-state index in [0.717, 1.165) is 12.3 Å². The predicted octanol–water partition coefficient (Wildman–Crippen LogP) is 3.73. The fourth-order valence-corrected chi connectivity index (χ4v) is 1.95. The van der Waals surface area contributed by atoms with Crippen LogP contribution >= 0.6 is 11.6 Å². The zero-order valence-electron chi connectivity index (χ0n) is 11.2. The molecule has 0 bridgehead atoms. The Hall–Kier alpha value is -2.79. The Bertz CT molecular complexity index is 839. The van der Waals surface area contributed by atoms with Gasteiger partial charge in [-0.2, -0.15) is 18.4 Å². The third kappa shape index (κ3) is 3.70. The molecule has 0 saturated heterocycles. The average Bonchev–Trinajstić information content (AvgIpc) is 2.52. The number of halogens is 4. The monoisotopic (exact) mass is 337 g/mol. The average molecular weight is 338 g/mol. The van der Waals surface area contributed by atoms with Crippen LogP contribution in [-0.4, -0.2) is 21.4 Å². The van der Waals surface area contributed by atoms with Gasteiger partial charge in [-0.1, -0.05) is 11.6 Å². The molecule has 0 fully saturated rings. The number of hydrogen-bond donors (Lipinski definition) is 2. The lowest BCUT2D eigenvalue weighted by Gasteiger charge is -2.09. The van der Waals surface area contributed by atoms with Crippen LogP contribution in [0.4, 0.5) is 13.2 Å². The summed E-state index contributed by atoms with van der Waals surface area (Å²) in [6.45, 7) is 0. The SMILES string of the molecule is N#CC(=N)C(=N)c1cc(Cl)cc(-c2nccc(C(F)(F)F)n2)c1. The highest BCUT2D eigenvalue weighted by Crippen LogP contribution is 2.29. The molecule has 5 nitrogen and oxygen atoms in total. The molecule has 1 heterocycles. The highest BCUT2D eigenvalue weighted by atomic mass is 35.5. The molecule has 0 amide bonds. The van der Waals surface area contributed by atoms with Gasteiger partial charge >= 0.3 is 6.18 Å². The van der Waals surface area contributed by atoms with E-state index in [2.05, 4.69) is 9.97 Å². The number of nitriles is 1. The van der Waals surface area contributed by atoms with Crippen LogP contribution in [0.3, 0.4) is 0 Å². The summed E-state index contributed by atoms with van der Waals surface area (Å²) in [4.78, 5) is 7.21. The molecule has 2 aromatic rings. The van der Waals surface area contributed by atoms with E-state index >= 15 is 0 Å². The Morgan fingerprint density at radius 3 is 2.52 bits per heavy atom. The molecule has 116 valence electrons. The van der Waals surface area contributed by atoms with Gasteiger partial charge in [-0.25, -0.2) is 9.97 Å². The first-order valence-corrected chi connectivity index (χ1v) is 6.39. The molecule has 0 atom stereocenters. The summed E-state index contributed by atoms with van der Waals surface area (Å²) in [7, 11) is 0. The van der Waals surface area contributed by atoms with Crippen LogP contribution in [0.5, 0.6) is 0 Å². The standard InChI is InChI=1S/C14H7ClF3N5/c15-9-4-7(12(21)10(20)6-19)3-8(5-9)13-22-2-1-11(23-13)14(16,17)18/h1-5,20-21H. The van der Waals surface area contributed by atoms with Gasteiger partial charge in [0.25, 0.3) is 0 Å². The van der Waals surface area contributed by atoms with Crippen LogP contribution in [-0.2, 0) is 6.18 Å². The third-order valence-corrected chi connectivity index (χ3v) is 2.97. The zero-order chi connectivity index (χ0) is 17.2. The molecular weight excluding hydrogens is 331 g/mol. The lowest BCUT2D eigenvalue weighted by atomic mass is 10.0. The fourth-order valence-electron chi connectivity index (χ4n) is 1.72. The summed E-state index contributed by atoms with van der Waals surface area (Å²) in [5, 5.41) is 23.8. The molecular formula is C14H7ClF3N5. The lowest BCUT2D eigenvalue weighted by molar-refractivity contribution is -0.141. The third-order valence-electron chi connectivity index (χ3n) is 2.75. The topological polar surface area (TPSA) is 97.3 Å². The van der Waals surface area contributed by atoms with Crippen molar-refractivity contribution in [1.29, 1.82) is 16.1 Å². The van der Waals surface area contributed by atoms with Gasteiger partial charge in [0.1, 0.15) is 11.8 Å². The van der Waals surface area contributed by atoms with E-state index in [1.807, 2.05) is 0 Å². The molecule has 2 rings (SSSR count). The first-order valence-electron chi connectivity index (χ1n) is 6.01. The highest BCUT2D eigenvalue weighted by molar-refractivity contribution is 6.51. The highest BCUT2D eigenvalue weighted by Gasteiger charge is 2.32. The second-order valence-electron chi connectivity index (χ2n) is 4.35. The maximum atomic E-state index is 12.7. The number of nitrogens with one attached hydrogen (secondary N) is 2. The fraction of sp³-hybridized carbons (Fsp3) is 0.0714. The van der Waals surface area contributed by atoms with E-state index < -0.39 is 23.3 Å². The quantitative estimate of drug-likeness (QED) is 0.835. The zero-order valence-corrected chi connectivity index (χ0v) is 12.0. The van der Waals surface area contributed by atoms with Crippen molar-refractivity contribution in [2.75, 3.05) is 0 Å². The second-order valence-corrected chi connectivity index (χ2v) is 4.79. The predicted molar refractivity (Wildman–Crippen MR) is 77.6 cm³/mol. The molecule has 0 aliphatic heterocycles. The second kappa shape index (κ2) is 6.14. The Morgan fingerprint density at radius 2 is 1.91 bits per heavy atom. The van der Waals surface area contributed by atoms with Crippen molar-refractivity contribution in [3.63, 3.8) is 0 Å². The van der Waals surface area contributed by atoms with Crippen molar-refractivity contribution in [3.8, 4) is 17.5 Å². The maximum absolute atomic E-state index is 12.7. The molecule has 1 aromatic heterocycles. The molecule has 9 heteroatoms. The molecule has 2 N–H and O–H groups in total. The minimum Gasteiger partial charge on any atom is -0.297 e. The largest absolute Gasteiger partial charge is 0.433 e. The first-order chi connectivity index (χ1) is 10.7. The molecule has 0 unspecified atom stereocenters. The van der Waals surface area contributed by atoms with Crippen molar-refractivity contribution in [2.24, 2.45) is 0 Å². The summed E-state index contributed by atoms with van der Waals surface area (Å²) in [5.74, 6) is -0.222. The Balaban J connectivity index is 2.53. The van der Waals surface area contributed by atoms with E-state index in [9.17, 15) is 13.2 Å². The first kappa shape index (κ1) is 16.6. The van der Waals surface area contributed by atoms with Gasteiger partial charge in [0.15, 0.2) is 11.5 Å². The van der Waals surface area contributed by atoms with Gasteiger partial charge in [-0.05, 0) is 24.3 Å². The number of aromatic nitrogens is 2. The van der Waals surface area contributed by atoms with Crippen LogP contribution < -0.4 is 0 Å². The molecule has 0 saturated carbocycles. The van der Waals surface area contributed by atoms with Crippen molar-refractivity contribution < 1.29 is 13.2 Å². The smallest absolute Gasteiger partial charge is 0.297 e. The van der Waals surface area contributed by atoms with Gasteiger partial charge in [-0.15, -0.1) is 0 Å². The molecule has 1 aromatic carbocycles. The van der Waals surface area contributed by atoms with Gasteiger partial charge in [0, 0.05) is 22.3 Å². The van der Waals surface area contributed by atoms with E-state index in [-0.39, 0.29) is 22.0 Å². The number of nitrogens with zero attached hydrogens (tertiary/aromatic N) is 3. The normalized spacial score (nSPS) is 10.9. The summed E-state index contributed by atoms with van der Waals surface area (Å²) in [6, 6.07) is 6.21. The Kier molecular flexibility index (Phi) is 4.43. The Morgan fingerprint density at radius 1 is 1.22 bits per heavy atom. The van der Waals surface area contributed by atoms with E-state index in [1.54, 1.807) is 0 Å². The summed E-state index contributed by atoms with van der Waals surface area (Å²) in [6.07, 6.45) is -3.65. The summed E-state index contributed by atoms with van der Waals surface area (Å²) >= 11 is 5.89. The van der Waals surface area contributed by atoms with Gasteiger partial charge in [0.05, 0.1) is 5.71 Å². The number of alkyl halides is 3. The number of rotatable bonds is 3. The van der Waals surface area contributed by atoms with E-state index in [4.69, 9.17) is 27.7 Å². The number of hydrogen-bond acceptors (Lipinski definition) is 5. The van der Waals surface area contributed by atoms with E-state index in [1.165, 1.54) is 24.3 Å². The van der Waals surface area contributed by atoms with Crippen molar-refractivity contribution in [2.45, 2.75) is 6.18 Å². The lowest BCUT2D eigenvalue weighted by Crippen LogP contribution is -2.11. The van der Waals surface area contributed by atoms with Crippen molar-refractivity contribution in [3.05, 3.63) is 46.7 Å².